The molecule has 0 aliphatic heterocycles. The van der Waals surface area contributed by atoms with Crippen LogP contribution in [0.2, 0.25) is 0 Å². The highest BCUT2D eigenvalue weighted by Crippen LogP contribution is 2.29. The van der Waals surface area contributed by atoms with Gasteiger partial charge in [-0.05, 0) is 24.5 Å². The number of nitro groups is 1. The Bertz CT molecular complexity index is 404. The fourth-order valence-corrected chi connectivity index (χ4v) is 1.16. The zero-order chi connectivity index (χ0) is 12.3. The van der Waals surface area contributed by atoms with E-state index in [0.29, 0.717) is 12.2 Å². The molecule has 0 amide bonds. The lowest BCUT2D eigenvalue weighted by atomic mass is 10.2. The fraction of sp³-hybridized carbons (Fsp3) is 0.455. The molecule has 1 rings (SSSR count). The van der Waals surface area contributed by atoms with Crippen LogP contribution < -0.4 is 4.74 Å². The van der Waals surface area contributed by atoms with E-state index in [9.17, 15) is 14.5 Å². The second kappa shape index (κ2) is 4.92. The summed E-state index contributed by atoms with van der Waals surface area (Å²) in [6, 6.07) is 2.25. The van der Waals surface area contributed by atoms with E-state index in [1.54, 1.807) is 6.92 Å². The first kappa shape index (κ1) is 12.4. The van der Waals surface area contributed by atoms with Gasteiger partial charge in [0.05, 0.1) is 17.6 Å². The van der Waals surface area contributed by atoms with Crippen molar-refractivity contribution >= 4 is 5.69 Å². The monoisotopic (exact) mass is 227 g/mol. The molecule has 1 aromatic rings. The Hall–Kier alpha value is -1.65. The average molecular weight is 227 g/mol. The number of ether oxygens (including phenoxy) is 1. The number of nitrogens with zero attached hydrogens (tertiary/aromatic N) is 1. The third-order valence-electron chi connectivity index (χ3n) is 2.01. The summed E-state index contributed by atoms with van der Waals surface area (Å²) in [5.41, 5.74) is 0.00751. The number of hydrogen-bond acceptors (Lipinski definition) is 3. The van der Waals surface area contributed by atoms with Gasteiger partial charge in [-0.25, -0.2) is 4.39 Å². The Morgan fingerprint density at radius 3 is 2.62 bits per heavy atom. The number of aryl methyl sites for hydroxylation is 1. The van der Waals surface area contributed by atoms with Crippen molar-refractivity contribution in [2.75, 3.05) is 6.61 Å². The summed E-state index contributed by atoms with van der Waals surface area (Å²) in [6.45, 7) is 5.78. The van der Waals surface area contributed by atoms with Crippen LogP contribution in [0.5, 0.6) is 5.75 Å². The first-order chi connectivity index (χ1) is 7.41. The third kappa shape index (κ3) is 2.92. The number of rotatable bonds is 4. The predicted molar refractivity (Wildman–Crippen MR) is 58.1 cm³/mol. The molecular formula is C11H14FNO3. The van der Waals surface area contributed by atoms with E-state index in [0.717, 1.165) is 6.07 Å². The molecule has 0 radical (unpaired) electrons. The van der Waals surface area contributed by atoms with Gasteiger partial charge in [0.15, 0.2) is 5.75 Å². The Kier molecular flexibility index (Phi) is 3.82. The molecule has 4 nitrogen and oxygen atoms in total. The smallest absolute Gasteiger partial charge is 0.313 e. The van der Waals surface area contributed by atoms with Crippen molar-refractivity contribution in [3.8, 4) is 5.75 Å². The highest BCUT2D eigenvalue weighted by atomic mass is 19.1. The van der Waals surface area contributed by atoms with E-state index in [1.807, 2.05) is 13.8 Å². The summed E-state index contributed by atoms with van der Waals surface area (Å²) >= 11 is 0. The zero-order valence-corrected chi connectivity index (χ0v) is 9.49. The topological polar surface area (TPSA) is 52.4 Å². The molecular weight excluding hydrogens is 213 g/mol. The van der Waals surface area contributed by atoms with Gasteiger partial charge in [-0.15, -0.1) is 0 Å². The lowest BCUT2D eigenvalue weighted by Gasteiger charge is -2.09. The van der Waals surface area contributed by atoms with Crippen LogP contribution in [-0.4, -0.2) is 11.5 Å². The molecule has 0 aromatic heterocycles. The number of benzene rings is 1. The van der Waals surface area contributed by atoms with E-state index in [1.165, 1.54) is 6.07 Å². The van der Waals surface area contributed by atoms with Gasteiger partial charge in [0, 0.05) is 0 Å². The van der Waals surface area contributed by atoms with E-state index in [4.69, 9.17) is 4.74 Å². The van der Waals surface area contributed by atoms with Crippen LogP contribution in [0.25, 0.3) is 0 Å². The van der Waals surface area contributed by atoms with Crippen LogP contribution in [-0.2, 0) is 0 Å². The molecule has 0 heterocycles. The standard InChI is InChI=1S/C11H14FNO3/c1-7(2)6-16-11-4-8(3)9(12)5-10(11)13(14)15/h4-5,7H,6H2,1-3H3. The summed E-state index contributed by atoms with van der Waals surface area (Å²) in [4.78, 5) is 10.0. The first-order valence-electron chi connectivity index (χ1n) is 4.99. The van der Waals surface area contributed by atoms with Crippen LogP contribution >= 0.6 is 0 Å². The van der Waals surface area contributed by atoms with Crippen molar-refractivity contribution in [1.82, 2.24) is 0 Å². The van der Waals surface area contributed by atoms with Crippen LogP contribution in [0, 0.1) is 28.8 Å². The summed E-state index contributed by atoms with van der Waals surface area (Å²) in [5.74, 6) is -0.217. The average Bonchev–Trinajstić information content (AvgIpc) is 2.18. The summed E-state index contributed by atoms with van der Waals surface area (Å²) in [7, 11) is 0. The van der Waals surface area contributed by atoms with Gasteiger partial charge in [0.25, 0.3) is 0 Å². The first-order valence-corrected chi connectivity index (χ1v) is 4.99. The molecule has 0 fully saturated rings. The molecule has 0 bridgehead atoms. The second-order valence-corrected chi connectivity index (χ2v) is 4.03. The Labute approximate surface area is 93.2 Å². The molecule has 16 heavy (non-hydrogen) atoms. The largest absolute Gasteiger partial charge is 0.487 e. The molecule has 0 atom stereocenters. The molecule has 0 unspecified atom stereocenters. The lowest BCUT2D eigenvalue weighted by Crippen LogP contribution is -2.06. The van der Waals surface area contributed by atoms with E-state index >= 15 is 0 Å². The highest BCUT2D eigenvalue weighted by Gasteiger charge is 2.18. The van der Waals surface area contributed by atoms with Crippen LogP contribution in [0.3, 0.4) is 0 Å². The van der Waals surface area contributed by atoms with Gasteiger partial charge in [0.1, 0.15) is 5.82 Å². The SMILES string of the molecule is Cc1cc(OCC(C)C)c([N+](=O)[O-])cc1F. The van der Waals surface area contributed by atoms with Crippen LogP contribution in [0.1, 0.15) is 19.4 Å². The van der Waals surface area contributed by atoms with Crippen LogP contribution in [0.15, 0.2) is 12.1 Å². The minimum Gasteiger partial charge on any atom is -0.487 e. The van der Waals surface area contributed by atoms with Crippen molar-refractivity contribution in [3.63, 3.8) is 0 Å². The van der Waals surface area contributed by atoms with E-state index in [2.05, 4.69) is 0 Å². The van der Waals surface area contributed by atoms with Crippen molar-refractivity contribution in [1.29, 1.82) is 0 Å². The van der Waals surface area contributed by atoms with Gasteiger partial charge in [-0.3, -0.25) is 10.1 Å². The van der Waals surface area contributed by atoms with Crippen molar-refractivity contribution < 1.29 is 14.1 Å². The third-order valence-corrected chi connectivity index (χ3v) is 2.01. The minimum absolute atomic E-state index is 0.123. The Balaban J connectivity index is 3.05. The number of hydrogen-bond donors (Lipinski definition) is 0. The molecule has 0 spiro atoms. The van der Waals surface area contributed by atoms with Crippen molar-refractivity contribution in [3.05, 3.63) is 33.6 Å². The minimum atomic E-state index is -0.641. The molecule has 0 aliphatic rings. The van der Waals surface area contributed by atoms with Gasteiger partial charge in [-0.2, -0.15) is 0 Å². The second-order valence-electron chi connectivity index (χ2n) is 4.03. The van der Waals surface area contributed by atoms with Gasteiger partial charge in [-0.1, -0.05) is 13.8 Å². The molecule has 0 aliphatic carbocycles. The maximum atomic E-state index is 13.2. The fourth-order valence-electron chi connectivity index (χ4n) is 1.16. The molecule has 0 saturated carbocycles. The highest BCUT2D eigenvalue weighted by molar-refractivity contribution is 5.48. The maximum absolute atomic E-state index is 13.2. The molecule has 1 aromatic carbocycles. The molecule has 0 N–H and O–H groups in total. The zero-order valence-electron chi connectivity index (χ0n) is 9.49. The lowest BCUT2D eigenvalue weighted by molar-refractivity contribution is -0.386. The van der Waals surface area contributed by atoms with E-state index in [-0.39, 0.29) is 17.4 Å². The normalized spacial score (nSPS) is 10.6. The summed E-state index contributed by atoms with van der Waals surface area (Å²) in [6.07, 6.45) is 0. The maximum Gasteiger partial charge on any atom is 0.313 e. The van der Waals surface area contributed by atoms with E-state index < -0.39 is 10.7 Å². The molecule has 0 saturated heterocycles. The molecule has 88 valence electrons. The van der Waals surface area contributed by atoms with Crippen LogP contribution in [0.4, 0.5) is 10.1 Å². The summed E-state index contributed by atoms with van der Waals surface area (Å²) in [5, 5.41) is 10.7. The van der Waals surface area contributed by atoms with Gasteiger partial charge in [0.2, 0.25) is 0 Å². The summed E-state index contributed by atoms with van der Waals surface area (Å²) < 4.78 is 18.4. The quantitative estimate of drug-likeness (QED) is 0.586. The van der Waals surface area contributed by atoms with Gasteiger partial charge >= 0.3 is 5.69 Å². The Morgan fingerprint density at radius 2 is 2.12 bits per heavy atom. The number of nitro benzene ring substituents is 1. The van der Waals surface area contributed by atoms with Crippen molar-refractivity contribution in [2.24, 2.45) is 5.92 Å². The van der Waals surface area contributed by atoms with Crippen molar-refractivity contribution in [2.45, 2.75) is 20.8 Å². The molecule has 5 heteroatoms. The Morgan fingerprint density at radius 1 is 1.50 bits per heavy atom. The van der Waals surface area contributed by atoms with Gasteiger partial charge < -0.3 is 4.74 Å². The number of halogens is 1. The predicted octanol–water partition coefficient (Wildman–Crippen LogP) is 3.08.